The van der Waals surface area contributed by atoms with Crippen LogP contribution in [0.5, 0.6) is 5.75 Å². The standard InChI is InChI=1S/C26H29N2O8P/c1-17-13-21(8-10-24(17)36-25-16-34-15-23(25)30)20-6-3-19(4-7-20)5-9-22(14-35-37(31,32)33)28-12-11-27-26(28)18(2)29/h3-4,6-8,10-13,18,22-23,25,29-30H,14-16H2,1-2H3,(H2,31,32,33)/t18-,22-,23-,25-/m0/s1. The van der Waals surface area contributed by atoms with Crippen molar-refractivity contribution in [3.63, 3.8) is 0 Å². The van der Waals surface area contributed by atoms with Crippen molar-refractivity contribution in [1.82, 2.24) is 9.55 Å². The number of phosphoric acid groups is 1. The van der Waals surface area contributed by atoms with Gasteiger partial charge in [-0.05, 0) is 54.8 Å². The Morgan fingerprint density at radius 1 is 1.19 bits per heavy atom. The smallest absolute Gasteiger partial charge is 0.469 e. The fourth-order valence-electron chi connectivity index (χ4n) is 3.94. The molecule has 1 aromatic heterocycles. The number of imidazole rings is 1. The maximum absolute atomic E-state index is 11.2. The lowest BCUT2D eigenvalue weighted by atomic mass is 10.0. The summed E-state index contributed by atoms with van der Waals surface area (Å²) >= 11 is 0. The molecular formula is C26H29N2O8P. The first-order valence-electron chi connectivity index (χ1n) is 11.7. The summed E-state index contributed by atoms with van der Waals surface area (Å²) in [5.74, 6) is 6.98. The average Bonchev–Trinajstić information content (AvgIpc) is 3.49. The number of aliphatic hydroxyl groups is 2. The van der Waals surface area contributed by atoms with Crippen molar-refractivity contribution < 1.29 is 38.6 Å². The lowest BCUT2D eigenvalue weighted by Crippen LogP contribution is -2.29. The van der Waals surface area contributed by atoms with Crippen LogP contribution in [0.15, 0.2) is 54.9 Å². The van der Waals surface area contributed by atoms with E-state index in [1.165, 1.54) is 10.8 Å². The Hall–Kier alpha value is -3.00. The van der Waals surface area contributed by atoms with E-state index in [1.54, 1.807) is 13.1 Å². The second-order valence-electron chi connectivity index (χ2n) is 8.76. The molecule has 2 aromatic carbocycles. The molecule has 4 atom stereocenters. The Labute approximate surface area is 214 Å². The average molecular weight is 528 g/mol. The highest BCUT2D eigenvalue weighted by Gasteiger charge is 2.28. The zero-order valence-corrected chi connectivity index (χ0v) is 21.3. The minimum atomic E-state index is -4.71. The molecule has 4 rings (SSSR count). The molecule has 1 aliphatic rings. The fourth-order valence-corrected chi connectivity index (χ4v) is 4.28. The van der Waals surface area contributed by atoms with Crippen LogP contribution >= 0.6 is 7.82 Å². The Kier molecular flexibility index (Phi) is 8.47. The Morgan fingerprint density at radius 3 is 2.54 bits per heavy atom. The van der Waals surface area contributed by atoms with Gasteiger partial charge in [-0.2, -0.15) is 0 Å². The lowest BCUT2D eigenvalue weighted by Gasteiger charge is -2.17. The molecule has 1 saturated heterocycles. The van der Waals surface area contributed by atoms with Gasteiger partial charge in [0, 0.05) is 18.0 Å². The molecule has 37 heavy (non-hydrogen) atoms. The lowest BCUT2D eigenvalue weighted by molar-refractivity contribution is 0.0729. The van der Waals surface area contributed by atoms with Crippen molar-refractivity contribution in [2.24, 2.45) is 0 Å². The molecule has 0 saturated carbocycles. The SMILES string of the molecule is Cc1cc(-c2ccc(C#C[C@@H](COP(=O)(O)O)n3ccnc3[C@H](C)O)cc2)ccc1O[C@H]1COC[C@@H]1O. The van der Waals surface area contributed by atoms with Gasteiger partial charge in [0.2, 0.25) is 0 Å². The van der Waals surface area contributed by atoms with Crippen molar-refractivity contribution in [3.8, 4) is 28.7 Å². The zero-order valence-electron chi connectivity index (χ0n) is 20.4. The van der Waals surface area contributed by atoms with Gasteiger partial charge in [0.05, 0.1) is 19.8 Å². The number of phosphoric ester groups is 1. The molecule has 0 spiro atoms. The van der Waals surface area contributed by atoms with Crippen LogP contribution < -0.4 is 4.74 Å². The Morgan fingerprint density at radius 2 is 1.92 bits per heavy atom. The first-order chi connectivity index (χ1) is 17.6. The molecule has 0 unspecified atom stereocenters. The summed E-state index contributed by atoms with van der Waals surface area (Å²) in [5, 5.41) is 19.9. The summed E-state index contributed by atoms with van der Waals surface area (Å²) in [5.41, 5.74) is 3.58. The minimum Gasteiger partial charge on any atom is -0.485 e. The molecule has 10 nitrogen and oxygen atoms in total. The maximum Gasteiger partial charge on any atom is 0.469 e. The van der Waals surface area contributed by atoms with Crippen molar-refractivity contribution in [1.29, 1.82) is 0 Å². The molecular weight excluding hydrogens is 499 g/mol. The van der Waals surface area contributed by atoms with Gasteiger partial charge in [0.1, 0.15) is 35.9 Å². The van der Waals surface area contributed by atoms with Crippen molar-refractivity contribution >= 4 is 7.82 Å². The summed E-state index contributed by atoms with van der Waals surface area (Å²) in [4.78, 5) is 22.3. The second kappa shape index (κ2) is 11.6. The van der Waals surface area contributed by atoms with E-state index in [-0.39, 0.29) is 19.3 Å². The summed E-state index contributed by atoms with van der Waals surface area (Å²) < 4.78 is 28.6. The number of ether oxygens (including phenoxy) is 2. The second-order valence-corrected chi connectivity index (χ2v) is 10.00. The molecule has 196 valence electrons. The summed E-state index contributed by atoms with van der Waals surface area (Å²) in [7, 11) is -4.71. The van der Waals surface area contributed by atoms with Crippen LogP contribution in [0.1, 0.15) is 36.0 Å². The molecule has 1 aliphatic heterocycles. The highest BCUT2D eigenvalue weighted by Crippen LogP contribution is 2.37. The predicted molar refractivity (Wildman–Crippen MR) is 135 cm³/mol. The van der Waals surface area contributed by atoms with Crippen LogP contribution in [-0.4, -0.2) is 61.6 Å². The molecule has 1 fully saturated rings. The molecule has 2 heterocycles. The van der Waals surface area contributed by atoms with E-state index >= 15 is 0 Å². The van der Waals surface area contributed by atoms with E-state index in [0.29, 0.717) is 23.7 Å². The van der Waals surface area contributed by atoms with E-state index in [0.717, 1.165) is 16.7 Å². The summed E-state index contributed by atoms with van der Waals surface area (Å²) in [6.45, 7) is 3.73. The molecule has 0 aliphatic carbocycles. The van der Waals surface area contributed by atoms with Crippen molar-refractivity contribution in [2.45, 2.75) is 38.2 Å². The van der Waals surface area contributed by atoms with E-state index in [9.17, 15) is 14.8 Å². The summed E-state index contributed by atoms with van der Waals surface area (Å²) in [6.07, 6.45) is 1.14. The van der Waals surface area contributed by atoms with Crippen molar-refractivity contribution in [3.05, 3.63) is 71.8 Å². The number of hydrogen-bond donors (Lipinski definition) is 4. The number of aryl methyl sites for hydroxylation is 1. The fraction of sp³-hybridized carbons (Fsp3) is 0.346. The van der Waals surface area contributed by atoms with E-state index < -0.39 is 26.1 Å². The van der Waals surface area contributed by atoms with Crippen LogP contribution in [0.4, 0.5) is 0 Å². The third-order valence-corrected chi connectivity index (χ3v) is 6.35. The summed E-state index contributed by atoms with van der Waals surface area (Å²) in [6, 6.07) is 12.6. The van der Waals surface area contributed by atoms with Gasteiger partial charge in [0.25, 0.3) is 0 Å². The first-order valence-corrected chi connectivity index (χ1v) is 13.2. The van der Waals surface area contributed by atoms with Gasteiger partial charge in [-0.1, -0.05) is 30.0 Å². The maximum atomic E-state index is 11.2. The Balaban J connectivity index is 1.51. The molecule has 0 amide bonds. The molecule has 3 aromatic rings. The van der Waals surface area contributed by atoms with Gasteiger partial charge in [-0.3, -0.25) is 4.52 Å². The predicted octanol–water partition coefficient (Wildman–Crippen LogP) is 2.75. The molecule has 4 N–H and O–H groups in total. The first kappa shape index (κ1) is 27.0. The quantitative estimate of drug-likeness (QED) is 0.256. The number of hydrogen-bond acceptors (Lipinski definition) is 7. The molecule has 0 radical (unpaired) electrons. The van der Waals surface area contributed by atoms with Crippen LogP contribution in [0.3, 0.4) is 0 Å². The van der Waals surface area contributed by atoms with E-state index in [2.05, 4.69) is 21.3 Å². The number of aliphatic hydroxyl groups excluding tert-OH is 2. The van der Waals surface area contributed by atoms with Crippen LogP contribution in [-0.2, 0) is 13.8 Å². The number of nitrogens with zero attached hydrogens (tertiary/aromatic N) is 2. The highest BCUT2D eigenvalue weighted by atomic mass is 31.2. The number of rotatable bonds is 8. The van der Waals surface area contributed by atoms with Gasteiger partial charge in [-0.25, -0.2) is 9.55 Å². The zero-order chi connectivity index (χ0) is 26.6. The van der Waals surface area contributed by atoms with Crippen molar-refractivity contribution in [2.75, 3.05) is 19.8 Å². The highest BCUT2D eigenvalue weighted by molar-refractivity contribution is 7.46. The van der Waals surface area contributed by atoms with E-state index in [4.69, 9.17) is 19.3 Å². The van der Waals surface area contributed by atoms with Gasteiger partial charge >= 0.3 is 7.82 Å². The van der Waals surface area contributed by atoms with Gasteiger partial charge < -0.3 is 34.0 Å². The Bertz CT molecular complexity index is 1320. The largest absolute Gasteiger partial charge is 0.485 e. The topological polar surface area (TPSA) is 144 Å². The van der Waals surface area contributed by atoms with Gasteiger partial charge in [-0.15, -0.1) is 0 Å². The minimum absolute atomic E-state index is 0.276. The number of aromatic nitrogens is 2. The third-order valence-electron chi connectivity index (χ3n) is 5.86. The van der Waals surface area contributed by atoms with Crippen LogP contribution in [0, 0.1) is 18.8 Å². The normalized spacial score (nSPS) is 19.2. The van der Waals surface area contributed by atoms with Crippen LogP contribution in [0.25, 0.3) is 11.1 Å². The third kappa shape index (κ3) is 7.06. The monoisotopic (exact) mass is 528 g/mol. The number of benzene rings is 2. The molecule has 11 heteroatoms. The van der Waals surface area contributed by atoms with Crippen LogP contribution in [0.2, 0.25) is 0 Å². The van der Waals surface area contributed by atoms with E-state index in [1.807, 2.05) is 49.4 Å². The molecule has 0 bridgehead atoms. The van der Waals surface area contributed by atoms with Gasteiger partial charge in [0.15, 0.2) is 0 Å².